The van der Waals surface area contributed by atoms with Crippen LogP contribution in [0.5, 0.6) is 5.75 Å². The molecule has 1 aromatic carbocycles. The van der Waals surface area contributed by atoms with Gasteiger partial charge >= 0.3 is 5.97 Å². The number of esters is 1. The van der Waals surface area contributed by atoms with Gasteiger partial charge in [0.05, 0.1) is 148 Å². The van der Waals surface area contributed by atoms with E-state index >= 15 is 0 Å². The minimum Gasteiger partial charge on any atom is -0.420 e. The Morgan fingerprint density at radius 3 is 1.99 bits per heavy atom. The molecule has 2 aliphatic heterocycles. The first-order chi connectivity index (χ1) is 38.8. The number of aliphatic imine (C=N–C) groups is 1. The normalized spacial score (nSPS) is 17.4. The number of anilines is 1. The highest BCUT2D eigenvalue weighted by Crippen LogP contribution is 2.43. The highest BCUT2D eigenvalue weighted by atomic mass is 35.5. The summed E-state index contributed by atoms with van der Waals surface area (Å²) in [6.45, 7) is 10.8. The highest BCUT2D eigenvalue weighted by Gasteiger charge is 2.33. The van der Waals surface area contributed by atoms with Crippen LogP contribution in [0.15, 0.2) is 28.4 Å². The van der Waals surface area contributed by atoms with Gasteiger partial charge in [-0.25, -0.2) is 17.9 Å². The van der Waals surface area contributed by atoms with E-state index in [4.69, 9.17) is 74.4 Å². The lowest BCUT2D eigenvalue weighted by Gasteiger charge is -2.19. The number of hydrogen-bond donors (Lipinski definition) is 4. The van der Waals surface area contributed by atoms with E-state index in [1.165, 1.54) is 25.5 Å². The van der Waals surface area contributed by atoms with Crippen molar-refractivity contribution in [1.29, 1.82) is 0 Å². The average Bonchev–Trinajstić information content (AvgIpc) is 3.90. The van der Waals surface area contributed by atoms with E-state index < -0.39 is 45.7 Å². The van der Waals surface area contributed by atoms with Gasteiger partial charge in [0.25, 0.3) is 0 Å². The Labute approximate surface area is 472 Å². The predicted molar refractivity (Wildman–Crippen MR) is 295 cm³/mol. The molecule has 4 atom stereocenters. The Morgan fingerprint density at radius 1 is 0.850 bits per heavy atom. The maximum Gasteiger partial charge on any atom is 0.313 e. The van der Waals surface area contributed by atoms with Gasteiger partial charge < -0.3 is 77.7 Å². The second kappa shape index (κ2) is 41.2. The summed E-state index contributed by atoms with van der Waals surface area (Å²) in [6.07, 6.45) is 11.0. The minimum absolute atomic E-state index is 0.0324. The molecule has 3 fully saturated rings. The van der Waals surface area contributed by atoms with Crippen LogP contribution in [0.25, 0.3) is 11.0 Å². The number of rotatable bonds is 38. The van der Waals surface area contributed by atoms with Crippen molar-refractivity contribution in [2.45, 2.75) is 70.6 Å². The first-order valence-corrected chi connectivity index (χ1v) is 30.3. The van der Waals surface area contributed by atoms with Gasteiger partial charge in [0.1, 0.15) is 17.3 Å². The van der Waals surface area contributed by atoms with Crippen molar-refractivity contribution in [3.05, 3.63) is 41.1 Å². The summed E-state index contributed by atoms with van der Waals surface area (Å²) in [6, 6.07) is 0.838. The van der Waals surface area contributed by atoms with Gasteiger partial charge in [0, 0.05) is 53.2 Å². The zero-order valence-electron chi connectivity index (χ0n) is 45.9. The lowest BCUT2D eigenvalue weighted by Crippen LogP contribution is -2.35. The standard InChI is InChI=1S/C44H63ClF3N9O12.C3H10O3P2.C3H6/c1-2-34-3-4-38(68-34)57-42-35(28-52-57)41(53-44(45)54-42)56-9-5-31(29-56)43(59)51-8-12-62-15-18-65-21-22-66-23-24-67-30-33(55-49)27-50-7-11-61-14-17-64-20-19-63-16-13-60-10-6-39(58)69-40-36(47)25-32(46)26-37(40)48;1-6-7(2)3-8(4)5;1-2-3-1/h25-28,31,34,38H,2-24,29-30,49H2,1H3,(H,51,59);4-5H,3H2,1-2H3;1-3H2/b50-27?,55-33+;;. The molecule has 6 rings (SSSR count). The van der Waals surface area contributed by atoms with Gasteiger partial charge in [0.15, 0.2) is 31.9 Å². The summed E-state index contributed by atoms with van der Waals surface area (Å²) in [4.78, 5) is 56.8. The quantitative estimate of drug-likeness (QED) is 0.00802. The van der Waals surface area contributed by atoms with Crippen LogP contribution in [0.4, 0.5) is 19.0 Å². The zero-order chi connectivity index (χ0) is 57.7. The third-order valence-electron chi connectivity index (χ3n) is 11.5. The van der Waals surface area contributed by atoms with Crippen molar-refractivity contribution in [2.75, 3.05) is 156 Å². The van der Waals surface area contributed by atoms with Crippen molar-refractivity contribution in [2.24, 2.45) is 21.9 Å². The summed E-state index contributed by atoms with van der Waals surface area (Å²) in [5.41, 5.74) is 1.10. The topological polar surface area (TPSA) is 286 Å². The van der Waals surface area contributed by atoms with E-state index in [0.29, 0.717) is 147 Å². The Bertz CT molecular complexity index is 2260. The summed E-state index contributed by atoms with van der Waals surface area (Å²) >= 11 is 6.36. The largest absolute Gasteiger partial charge is 0.420 e. The van der Waals surface area contributed by atoms with Crippen molar-refractivity contribution in [3.8, 4) is 5.75 Å². The molecule has 0 radical (unpaired) electrons. The fourth-order valence-corrected chi connectivity index (χ4v) is 9.28. The molecule has 4 unspecified atom stereocenters. The van der Waals surface area contributed by atoms with Crippen LogP contribution in [0.1, 0.15) is 64.5 Å². The average molecular weight is 1200 g/mol. The van der Waals surface area contributed by atoms with Crippen LogP contribution in [-0.4, -0.2) is 211 Å². The molecule has 4 heterocycles. The number of nitrogens with one attached hydrogen (secondary N) is 1. The number of hydrogen-bond acceptors (Lipinski definition) is 22. The van der Waals surface area contributed by atoms with Crippen molar-refractivity contribution >= 4 is 68.8 Å². The summed E-state index contributed by atoms with van der Waals surface area (Å²) < 4.78 is 101. The molecule has 3 aromatic rings. The Kier molecular flexibility index (Phi) is 35.3. The third kappa shape index (κ3) is 28.4. The molecule has 452 valence electrons. The second-order valence-corrected chi connectivity index (χ2v) is 21.7. The SMILES string of the molecule is C1CC1.CCC1CCC(n2ncc3c(N4CCC(C(=O)NCCOCCOCCOCCOC/C(C=NCCOCCOCCOCCOCCC(=O)Oc5c(F)cc(F)cc5F)=N/N)C4)nc(Cl)nc32)O1.COP(C)CP(O)O. The van der Waals surface area contributed by atoms with Crippen molar-refractivity contribution < 1.29 is 84.4 Å². The van der Waals surface area contributed by atoms with Crippen molar-refractivity contribution in [3.63, 3.8) is 0 Å². The van der Waals surface area contributed by atoms with Gasteiger partial charge in [0.2, 0.25) is 16.9 Å². The van der Waals surface area contributed by atoms with Gasteiger partial charge in [-0.15, -0.1) is 0 Å². The van der Waals surface area contributed by atoms with Gasteiger partial charge in [-0.2, -0.15) is 20.2 Å². The molecule has 5 N–H and O–H groups in total. The second-order valence-electron chi connectivity index (χ2n) is 17.9. The lowest BCUT2D eigenvalue weighted by atomic mass is 10.1. The van der Waals surface area contributed by atoms with Crippen LogP contribution in [0, 0.1) is 23.4 Å². The summed E-state index contributed by atoms with van der Waals surface area (Å²) in [5.74, 6) is 0.672. The van der Waals surface area contributed by atoms with E-state index in [2.05, 4.69) is 47.0 Å². The number of hydrazone groups is 1. The smallest absolute Gasteiger partial charge is 0.313 e. The number of nitrogens with zero attached hydrogens (tertiary/aromatic N) is 7. The number of carbonyl (C=O) groups excluding carboxylic acids is 2. The number of aromatic nitrogens is 4. The molecule has 80 heavy (non-hydrogen) atoms. The molecule has 2 aromatic heterocycles. The summed E-state index contributed by atoms with van der Waals surface area (Å²) in [5, 5.41) is 12.1. The lowest BCUT2D eigenvalue weighted by molar-refractivity contribution is -0.136. The fraction of sp³-hybridized carbons (Fsp3) is 0.700. The van der Waals surface area contributed by atoms with Crippen LogP contribution < -0.4 is 20.8 Å². The summed E-state index contributed by atoms with van der Waals surface area (Å²) in [7, 11) is -0.757. The molecule has 3 aliphatic rings. The molecular weight excluding hydrogens is 1120 g/mol. The molecule has 0 spiro atoms. The van der Waals surface area contributed by atoms with Crippen LogP contribution >= 0.6 is 28.1 Å². The monoisotopic (exact) mass is 1200 g/mol. The van der Waals surface area contributed by atoms with Crippen LogP contribution in [-0.2, 0) is 56.7 Å². The molecule has 2 saturated heterocycles. The molecule has 30 heteroatoms. The number of nitrogens with two attached hydrogens (primary N) is 1. The van der Waals surface area contributed by atoms with E-state index in [0.717, 1.165) is 24.6 Å². The molecule has 1 saturated carbocycles. The Balaban J connectivity index is 0.00000112. The highest BCUT2D eigenvalue weighted by molar-refractivity contribution is 7.66. The maximum atomic E-state index is 13.6. The van der Waals surface area contributed by atoms with Gasteiger partial charge in [-0.1, -0.05) is 26.2 Å². The zero-order valence-corrected chi connectivity index (χ0v) is 48.4. The maximum absolute atomic E-state index is 13.6. The molecule has 1 aliphatic carbocycles. The third-order valence-corrected chi connectivity index (χ3v) is 14.9. The Morgan fingerprint density at radius 2 is 1.44 bits per heavy atom. The molecule has 24 nitrogen and oxygen atoms in total. The molecule has 0 bridgehead atoms. The minimum atomic E-state index is -1.74. The van der Waals surface area contributed by atoms with Crippen LogP contribution in [0.3, 0.4) is 0 Å². The van der Waals surface area contributed by atoms with Crippen molar-refractivity contribution in [1.82, 2.24) is 25.1 Å². The van der Waals surface area contributed by atoms with Crippen LogP contribution in [0.2, 0.25) is 5.28 Å². The number of halogens is 4. The molecular formula is C50H79ClF3N9O15P2. The first kappa shape index (κ1) is 68.6. The fourth-order valence-electron chi connectivity index (χ4n) is 7.24. The van der Waals surface area contributed by atoms with Gasteiger partial charge in [-0.05, 0) is 43.9 Å². The number of ether oxygens (including phenoxy) is 10. The van der Waals surface area contributed by atoms with E-state index in [9.17, 15) is 22.8 Å². The Hall–Kier alpha value is -3.89. The van der Waals surface area contributed by atoms with E-state index in [-0.39, 0.29) is 62.3 Å². The predicted octanol–water partition coefficient (Wildman–Crippen LogP) is 5.52. The number of carbonyl (C=O) groups is 2. The van der Waals surface area contributed by atoms with E-state index in [1.807, 2.05) is 6.66 Å². The number of amides is 1. The molecule has 1 amide bonds. The number of benzene rings is 1. The first-order valence-electron chi connectivity index (χ1n) is 26.6. The van der Waals surface area contributed by atoms with E-state index in [1.54, 1.807) is 18.0 Å². The van der Waals surface area contributed by atoms with Gasteiger partial charge in [-0.3, -0.25) is 14.6 Å². The number of fused-ring (bicyclic) bond motifs is 1.